The maximum absolute atomic E-state index is 12.3. The van der Waals surface area contributed by atoms with Gasteiger partial charge in [-0.15, -0.1) is 0 Å². The number of nitrogens with two attached hydrogens (primary N) is 1. The number of oxime groups is 1. The molecule has 1 amide bonds. The van der Waals surface area contributed by atoms with Crippen LogP contribution < -0.4 is 5.73 Å². The average molecular weight is 277 g/mol. The van der Waals surface area contributed by atoms with Crippen molar-refractivity contribution in [2.45, 2.75) is 13.0 Å². The van der Waals surface area contributed by atoms with Gasteiger partial charge in [0.1, 0.15) is 0 Å². The number of carbonyl (C=O) groups is 1. The molecule has 0 saturated carbocycles. The van der Waals surface area contributed by atoms with Crippen molar-refractivity contribution in [1.29, 1.82) is 0 Å². The number of aromatic nitrogens is 1. The summed E-state index contributed by atoms with van der Waals surface area (Å²) in [5.41, 5.74) is 6.25. The molecule has 1 atom stereocenters. The summed E-state index contributed by atoms with van der Waals surface area (Å²) in [5, 5.41) is 11.7. The van der Waals surface area contributed by atoms with Gasteiger partial charge in [-0.25, -0.2) is 0 Å². The van der Waals surface area contributed by atoms with Crippen LogP contribution in [0.4, 0.5) is 0 Å². The molecule has 3 N–H and O–H groups in total. The van der Waals surface area contributed by atoms with Crippen LogP contribution in [-0.4, -0.2) is 64.0 Å². The zero-order valence-electron chi connectivity index (χ0n) is 11.4. The molecule has 1 aromatic rings. The molecule has 1 aromatic heterocycles. The van der Waals surface area contributed by atoms with Crippen LogP contribution in [0.25, 0.3) is 0 Å². The van der Waals surface area contributed by atoms with E-state index in [0.29, 0.717) is 31.7 Å². The lowest BCUT2D eigenvalue weighted by Gasteiger charge is -2.37. The number of rotatable bonds is 3. The Bertz CT molecular complexity index is 483. The molecule has 1 aliphatic heterocycles. The topological polar surface area (TPSA) is 95.0 Å². The largest absolute Gasteiger partial charge is 0.409 e. The van der Waals surface area contributed by atoms with E-state index in [-0.39, 0.29) is 17.8 Å². The van der Waals surface area contributed by atoms with Gasteiger partial charge in [-0.2, -0.15) is 0 Å². The van der Waals surface area contributed by atoms with Crippen LogP contribution in [0.1, 0.15) is 17.3 Å². The second-order valence-corrected chi connectivity index (χ2v) is 4.76. The summed E-state index contributed by atoms with van der Waals surface area (Å²) in [6.07, 6.45) is 3.23. The molecular weight excluding hydrogens is 258 g/mol. The number of nitrogens with zero attached hydrogens (tertiary/aromatic N) is 4. The van der Waals surface area contributed by atoms with E-state index >= 15 is 0 Å². The van der Waals surface area contributed by atoms with Gasteiger partial charge in [-0.05, 0) is 19.1 Å². The minimum absolute atomic E-state index is 0.0171. The third kappa shape index (κ3) is 3.05. The Kier molecular flexibility index (Phi) is 4.52. The smallest absolute Gasteiger partial charge is 0.254 e. The van der Waals surface area contributed by atoms with Crippen molar-refractivity contribution >= 4 is 11.7 Å². The molecule has 2 heterocycles. The normalized spacial score (nSPS) is 18.9. The average Bonchev–Trinajstić information content (AvgIpc) is 2.53. The molecule has 7 heteroatoms. The molecular formula is C13H19N5O2. The van der Waals surface area contributed by atoms with E-state index in [1.165, 1.54) is 0 Å². The lowest BCUT2D eigenvalue weighted by Crippen LogP contribution is -2.54. The van der Waals surface area contributed by atoms with Crippen molar-refractivity contribution in [3.63, 3.8) is 0 Å². The van der Waals surface area contributed by atoms with Crippen LogP contribution in [0.5, 0.6) is 0 Å². The Balaban J connectivity index is 1.93. The van der Waals surface area contributed by atoms with E-state index in [9.17, 15) is 4.79 Å². The molecule has 2 rings (SSSR count). The van der Waals surface area contributed by atoms with Gasteiger partial charge < -0.3 is 15.8 Å². The number of pyridine rings is 1. The quantitative estimate of drug-likeness (QED) is 0.350. The van der Waals surface area contributed by atoms with Crippen LogP contribution in [-0.2, 0) is 0 Å². The fourth-order valence-corrected chi connectivity index (χ4v) is 2.26. The maximum atomic E-state index is 12.3. The van der Waals surface area contributed by atoms with E-state index in [1.807, 2.05) is 11.8 Å². The summed E-state index contributed by atoms with van der Waals surface area (Å²) in [4.78, 5) is 20.1. The van der Waals surface area contributed by atoms with E-state index in [0.717, 1.165) is 0 Å². The van der Waals surface area contributed by atoms with Crippen LogP contribution in [0.2, 0.25) is 0 Å². The highest BCUT2D eigenvalue weighted by Gasteiger charge is 2.26. The van der Waals surface area contributed by atoms with E-state index in [4.69, 9.17) is 10.9 Å². The van der Waals surface area contributed by atoms with Gasteiger partial charge in [0.05, 0.1) is 6.04 Å². The first-order valence-corrected chi connectivity index (χ1v) is 6.54. The van der Waals surface area contributed by atoms with Gasteiger partial charge in [-0.1, -0.05) is 5.16 Å². The molecule has 20 heavy (non-hydrogen) atoms. The van der Waals surface area contributed by atoms with Gasteiger partial charge in [0.25, 0.3) is 5.91 Å². The van der Waals surface area contributed by atoms with Crippen molar-refractivity contribution in [1.82, 2.24) is 14.8 Å². The molecule has 108 valence electrons. The molecule has 0 aliphatic carbocycles. The fraction of sp³-hybridized carbons (Fsp3) is 0.462. The van der Waals surface area contributed by atoms with Crippen molar-refractivity contribution < 1.29 is 10.0 Å². The van der Waals surface area contributed by atoms with Crippen molar-refractivity contribution in [3.8, 4) is 0 Å². The summed E-state index contributed by atoms with van der Waals surface area (Å²) in [5.74, 6) is 0.211. The highest BCUT2D eigenvalue weighted by Crippen LogP contribution is 2.10. The van der Waals surface area contributed by atoms with Crippen molar-refractivity contribution in [2.24, 2.45) is 10.9 Å². The van der Waals surface area contributed by atoms with Crippen molar-refractivity contribution in [2.75, 3.05) is 26.2 Å². The first-order chi connectivity index (χ1) is 9.63. The van der Waals surface area contributed by atoms with Gasteiger partial charge >= 0.3 is 0 Å². The number of hydrogen-bond donors (Lipinski definition) is 2. The Morgan fingerprint density at radius 2 is 1.95 bits per heavy atom. The number of amides is 1. The molecule has 1 fully saturated rings. The van der Waals surface area contributed by atoms with Crippen LogP contribution in [0.3, 0.4) is 0 Å². The van der Waals surface area contributed by atoms with E-state index in [2.05, 4.69) is 15.0 Å². The zero-order chi connectivity index (χ0) is 14.5. The minimum atomic E-state index is -0.127. The summed E-state index contributed by atoms with van der Waals surface area (Å²) in [6.45, 7) is 4.55. The SMILES string of the molecule is CC(C(N)=NO)N1CCN(C(=O)c2ccncc2)CC1. The number of amidine groups is 1. The molecule has 0 spiro atoms. The standard InChI is InChI=1S/C13H19N5O2/c1-10(12(14)16-20)17-6-8-18(9-7-17)13(19)11-2-4-15-5-3-11/h2-5,10,20H,6-9H2,1H3,(H2,14,16). The summed E-state index contributed by atoms with van der Waals surface area (Å²) < 4.78 is 0. The molecule has 1 unspecified atom stereocenters. The predicted octanol–water partition coefficient (Wildman–Crippen LogP) is -0.0257. The zero-order valence-corrected chi connectivity index (χ0v) is 11.4. The molecule has 1 saturated heterocycles. The monoisotopic (exact) mass is 277 g/mol. The highest BCUT2D eigenvalue weighted by molar-refractivity contribution is 5.94. The maximum Gasteiger partial charge on any atom is 0.254 e. The molecule has 7 nitrogen and oxygen atoms in total. The molecule has 1 aliphatic rings. The number of piperazine rings is 1. The summed E-state index contributed by atoms with van der Waals surface area (Å²) in [6, 6.07) is 3.31. The lowest BCUT2D eigenvalue weighted by molar-refractivity contribution is 0.0619. The van der Waals surface area contributed by atoms with Crippen LogP contribution in [0, 0.1) is 0 Å². The molecule has 0 aromatic carbocycles. The van der Waals surface area contributed by atoms with E-state index in [1.54, 1.807) is 24.5 Å². The molecule has 0 bridgehead atoms. The number of hydrogen-bond acceptors (Lipinski definition) is 5. The Labute approximate surface area is 117 Å². The third-order valence-corrected chi connectivity index (χ3v) is 3.62. The summed E-state index contributed by atoms with van der Waals surface area (Å²) >= 11 is 0. The first-order valence-electron chi connectivity index (χ1n) is 6.54. The van der Waals surface area contributed by atoms with Crippen LogP contribution in [0.15, 0.2) is 29.7 Å². The Morgan fingerprint density at radius 1 is 1.35 bits per heavy atom. The first kappa shape index (κ1) is 14.3. The highest BCUT2D eigenvalue weighted by atomic mass is 16.4. The fourth-order valence-electron chi connectivity index (χ4n) is 2.26. The van der Waals surface area contributed by atoms with Crippen molar-refractivity contribution in [3.05, 3.63) is 30.1 Å². The minimum Gasteiger partial charge on any atom is -0.409 e. The summed E-state index contributed by atoms with van der Waals surface area (Å²) in [7, 11) is 0. The van der Waals surface area contributed by atoms with E-state index < -0.39 is 0 Å². The third-order valence-electron chi connectivity index (χ3n) is 3.62. The van der Waals surface area contributed by atoms with Gasteiger partial charge in [-0.3, -0.25) is 14.7 Å². The second kappa shape index (κ2) is 6.33. The van der Waals surface area contributed by atoms with Gasteiger partial charge in [0.2, 0.25) is 0 Å². The Morgan fingerprint density at radius 3 is 2.50 bits per heavy atom. The predicted molar refractivity (Wildman–Crippen MR) is 74.6 cm³/mol. The second-order valence-electron chi connectivity index (χ2n) is 4.76. The number of carbonyl (C=O) groups excluding carboxylic acids is 1. The molecule has 0 radical (unpaired) electrons. The lowest BCUT2D eigenvalue weighted by atomic mass is 10.2. The van der Waals surface area contributed by atoms with Gasteiger partial charge in [0, 0.05) is 44.1 Å². The van der Waals surface area contributed by atoms with Gasteiger partial charge in [0.15, 0.2) is 5.84 Å². The van der Waals surface area contributed by atoms with Crippen LogP contribution >= 0.6 is 0 Å². The Hall–Kier alpha value is -2.15.